The van der Waals surface area contributed by atoms with Gasteiger partial charge in [-0.1, -0.05) is 48.2 Å². The summed E-state index contributed by atoms with van der Waals surface area (Å²) in [4.78, 5) is 26.4. The second-order valence-corrected chi connectivity index (χ2v) is 7.55. The fraction of sp³-hybridized carbons (Fsp3) is 0.0909. The average Bonchev–Trinajstić information content (AvgIpc) is 2.67. The molecule has 0 aliphatic rings. The second-order valence-electron chi connectivity index (χ2n) is 6.44. The molecule has 0 unspecified atom stereocenters. The van der Waals surface area contributed by atoms with Crippen LogP contribution in [-0.2, 0) is 6.54 Å². The fourth-order valence-corrected chi connectivity index (χ4v) is 3.90. The Hall–Kier alpha value is -3.25. The summed E-state index contributed by atoms with van der Waals surface area (Å²) in [6.07, 6.45) is 0. The minimum Gasteiger partial charge on any atom is -0.508 e. The molecule has 0 fully saturated rings. The van der Waals surface area contributed by atoms with Crippen LogP contribution in [0.4, 0.5) is 0 Å². The molecule has 0 saturated heterocycles. The lowest BCUT2D eigenvalue weighted by Gasteiger charge is -2.11. The van der Waals surface area contributed by atoms with Gasteiger partial charge in [0.15, 0.2) is 0 Å². The monoisotopic (exact) mass is 391 g/mol. The predicted molar refractivity (Wildman–Crippen MR) is 109 cm³/mol. The predicted octanol–water partition coefficient (Wildman–Crippen LogP) is 4.17. The molecular weight excluding hydrogens is 374 g/mol. The van der Waals surface area contributed by atoms with Crippen molar-refractivity contribution in [1.29, 1.82) is 0 Å². The number of aromatic hydroxyl groups is 1. The summed E-state index contributed by atoms with van der Waals surface area (Å²) >= 11 is 1.15. The summed E-state index contributed by atoms with van der Waals surface area (Å²) < 4.78 is 7.08. The van der Waals surface area contributed by atoms with Crippen molar-refractivity contribution in [3.63, 3.8) is 0 Å². The number of fused-ring (bicyclic) bond motifs is 1. The summed E-state index contributed by atoms with van der Waals surface area (Å²) in [5, 5.41) is 9.97. The van der Waals surface area contributed by atoms with Crippen molar-refractivity contribution >= 4 is 22.7 Å². The molecule has 2 aromatic carbocycles. The summed E-state index contributed by atoms with van der Waals surface area (Å²) in [5.74, 6) is 0.107. The van der Waals surface area contributed by atoms with E-state index in [0.29, 0.717) is 21.7 Å². The first-order valence-corrected chi connectivity index (χ1v) is 9.52. The van der Waals surface area contributed by atoms with Gasteiger partial charge in [-0.2, -0.15) is 0 Å². The zero-order valence-electron chi connectivity index (χ0n) is 15.1. The van der Waals surface area contributed by atoms with Gasteiger partial charge in [0.05, 0.1) is 16.8 Å². The Morgan fingerprint density at radius 3 is 2.54 bits per heavy atom. The molecule has 6 heteroatoms. The van der Waals surface area contributed by atoms with Crippen molar-refractivity contribution in [2.24, 2.45) is 0 Å². The van der Waals surface area contributed by atoms with Crippen molar-refractivity contribution in [2.75, 3.05) is 0 Å². The number of pyridine rings is 1. The van der Waals surface area contributed by atoms with Gasteiger partial charge in [-0.3, -0.25) is 4.79 Å². The van der Waals surface area contributed by atoms with E-state index in [1.807, 2.05) is 37.3 Å². The van der Waals surface area contributed by atoms with E-state index >= 15 is 0 Å². The van der Waals surface area contributed by atoms with E-state index in [9.17, 15) is 14.7 Å². The van der Waals surface area contributed by atoms with Crippen LogP contribution in [0, 0.1) is 6.92 Å². The number of benzene rings is 2. The van der Waals surface area contributed by atoms with E-state index in [4.69, 9.17) is 4.42 Å². The Labute approximate surface area is 164 Å². The average molecular weight is 391 g/mol. The molecule has 2 heterocycles. The van der Waals surface area contributed by atoms with Crippen LogP contribution in [0.3, 0.4) is 0 Å². The fourth-order valence-electron chi connectivity index (χ4n) is 3.02. The van der Waals surface area contributed by atoms with Gasteiger partial charge in [0, 0.05) is 16.7 Å². The number of nitrogens with zero attached hydrogens (tertiary/aromatic N) is 1. The number of aromatic nitrogens is 1. The molecule has 0 spiro atoms. The first-order chi connectivity index (χ1) is 13.5. The molecule has 0 amide bonds. The van der Waals surface area contributed by atoms with E-state index < -0.39 is 5.63 Å². The molecule has 0 radical (unpaired) electrons. The van der Waals surface area contributed by atoms with Gasteiger partial charge >= 0.3 is 5.63 Å². The minimum atomic E-state index is -0.513. The van der Waals surface area contributed by atoms with Crippen LogP contribution in [-0.4, -0.2) is 9.67 Å². The molecule has 5 nitrogen and oxygen atoms in total. The van der Waals surface area contributed by atoms with E-state index in [0.717, 1.165) is 23.0 Å². The first kappa shape index (κ1) is 18.1. The Morgan fingerprint density at radius 1 is 1.00 bits per heavy atom. The highest BCUT2D eigenvalue weighted by Crippen LogP contribution is 2.29. The standard InChI is InChI=1S/C22H17NO4S/c1-14-10-19-18(21(25)23(14)13-15-6-3-2-4-7-15)12-20(22(26)27-19)28-17-9-5-8-16(24)11-17/h2-12,24H,13H2,1H3. The van der Waals surface area contributed by atoms with Crippen LogP contribution in [0.15, 0.2) is 90.5 Å². The smallest absolute Gasteiger partial charge is 0.350 e. The number of phenols is 1. The Bertz CT molecular complexity index is 1280. The summed E-state index contributed by atoms with van der Waals surface area (Å²) in [6.45, 7) is 2.26. The molecule has 0 saturated carbocycles. The highest BCUT2D eigenvalue weighted by molar-refractivity contribution is 7.99. The second kappa shape index (κ2) is 7.40. The van der Waals surface area contributed by atoms with Crippen LogP contribution in [0.2, 0.25) is 0 Å². The molecule has 0 aliphatic carbocycles. The van der Waals surface area contributed by atoms with Crippen molar-refractivity contribution < 1.29 is 9.52 Å². The lowest BCUT2D eigenvalue weighted by atomic mass is 10.2. The Kier molecular flexibility index (Phi) is 4.79. The maximum atomic E-state index is 13.1. The quantitative estimate of drug-likeness (QED) is 0.565. The van der Waals surface area contributed by atoms with Crippen LogP contribution < -0.4 is 11.2 Å². The van der Waals surface area contributed by atoms with Gasteiger partial charge in [0.25, 0.3) is 5.56 Å². The highest BCUT2D eigenvalue weighted by Gasteiger charge is 2.13. The highest BCUT2D eigenvalue weighted by atomic mass is 32.2. The molecule has 4 rings (SSSR count). The third-order valence-corrected chi connectivity index (χ3v) is 5.41. The SMILES string of the molecule is Cc1cc2oc(=O)c(Sc3cccc(O)c3)cc2c(=O)n1Cc1ccccc1. The molecule has 0 bridgehead atoms. The van der Waals surface area contributed by atoms with E-state index in [-0.39, 0.29) is 16.9 Å². The van der Waals surface area contributed by atoms with Crippen LogP contribution in [0.5, 0.6) is 5.75 Å². The maximum Gasteiger partial charge on any atom is 0.350 e. The third-order valence-electron chi connectivity index (χ3n) is 4.41. The lowest BCUT2D eigenvalue weighted by Crippen LogP contribution is -2.23. The van der Waals surface area contributed by atoms with E-state index in [2.05, 4.69) is 0 Å². The Morgan fingerprint density at radius 2 is 1.79 bits per heavy atom. The van der Waals surface area contributed by atoms with Crippen LogP contribution >= 0.6 is 11.8 Å². The molecule has 0 atom stereocenters. The van der Waals surface area contributed by atoms with Gasteiger partial charge in [-0.15, -0.1) is 0 Å². The van der Waals surface area contributed by atoms with Gasteiger partial charge in [0.1, 0.15) is 11.3 Å². The maximum absolute atomic E-state index is 13.1. The zero-order chi connectivity index (χ0) is 19.7. The van der Waals surface area contributed by atoms with E-state index in [1.54, 1.807) is 41.0 Å². The molecule has 1 N–H and O–H groups in total. The summed E-state index contributed by atoms with van der Waals surface area (Å²) in [7, 11) is 0. The topological polar surface area (TPSA) is 72.4 Å². The van der Waals surface area contributed by atoms with Crippen LogP contribution in [0.25, 0.3) is 11.0 Å². The Balaban J connectivity index is 1.81. The molecule has 2 aromatic heterocycles. The largest absolute Gasteiger partial charge is 0.508 e. The van der Waals surface area contributed by atoms with Crippen LogP contribution in [0.1, 0.15) is 11.3 Å². The molecular formula is C22H17NO4S. The van der Waals surface area contributed by atoms with Gasteiger partial charge in [0.2, 0.25) is 0 Å². The van der Waals surface area contributed by atoms with Crippen molar-refractivity contribution in [2.45, 2.75) is 23.3 Å². The number of phenolic OH excluding ortho intramolecular Hbond substituents is 1. The van der Waals surface area contributed by atoms with Crippen molar-refractivity contribution in [3.05, 3.63) is 98.8 Å². The molecule has 4 aromatic rings. The molecule has 0 aliphatic heterocycles. The number of rotatable bonds is 4. The summed E-state index contributed by atoms with van der Waals surface area (Å²) in [6, 6.07) is 19.6. The van der Waals surface area contributed by atoms with Crippen molar-refractivity contribution in [3.8, 4) is 5.75 Å². The van der Waals surface area contributed by atoms with E-state index in [1.165, 1.54) is 0 Å². The number of hydrogen-bond acceptors (Lipinski definition) is 5. The minimum absolute atomic E-state index is 0.107. The number of hydrogen-bond donors (Lipinski definition) is 1. The third kappa shape index (κ3) is 3.59. The normalized spacial score (nSPS) is 11.0. The molecule has 140 valence electrons. The molecule has 28 heavy (non-hydrogen) atoms. The zero-order valence-corrected chi connectivity index (χ0v) is 15.9. The first-order valence-electron chi connectivity index (χ1n) is 8.70. The summed E-state index contributed by atoms with van der Waals surface area (Å²) in [5.41, 5.74) is 1.29. The van der Waals surface area contributed by atoms with Gasteiger partial charge in [-0.25, -0.2) is 4.79 Å². The van der Waals surface area contributed by atoms with Gasteiger partial charge < -0.3 is 14.1 Å². The lowest BCUT2D eigenvalue weighted by molar-refractivity contribution is 0.474. The number of aryl methyl sites for hydroxylation is 1. The van der Waals surface area contributed by atoms with Crippen molar-refractivity contribution in [1.82, 2.24) is 4.57 Å². The van der Waals surface area contributed by atoms with Gasteiger partial charge in [-0.05, 0) is 36.8 Å².